The largest absolute Gasteiger partial charge is 0.378 e. The van der Waals surface area contributed by atoms with Crippen LogP contribution < -0.4 is 15.1 Å². The normalized spacial score (nSPS) is 10.5. The van der Waals surface area contributed by atoms with E-state index in [4.69, 9.17) is 4.98 Å². The molecule has 2 aromatic heterocycles. The van der Waals surface area contributed by atoms with Crippen LogP contribution in [-0.2, 0) is 4.79 Å². The Labute approximate surface area is 202 Å². The molecular weight excluding hydrogens is 438 g/mol. The SMILES string of the molecule is CC.Cc1cc2nc(-c3ccc(N(C)C)cc3)cn2cc1N(CCS)CCNC(=O)CS. The van der Waals surface area contributed by atoms with Gasteiger partial charge >= 0.3 is 0 Å². The molecule has 0 fully saturated rings. The second kappa shape index (κ2) is 12.6. The molecule has 1 aromatic carbocycles. The van der Waals surface area contributed by atoms with Crippen LogP contribution in [0, 0.1) is 6.92 Å². The molecule has 0 bridgehead atoms. The van der Waals surface area contributed by atoms with Gasteiger partial charge in [-0.2, -0.15) is 25.3 Å². The number of fused-ring (bicyclic) bond motifs is 1. The molecule has 174 valence electrons. The van der Waals surface area contributed by atoms with Crippen LogP contribution in [-0.4, -0.2) is 60.5 Å². The minimum atomic E-state index is -0.0594. The third kappa shape index (κ3) is 6.59. The van der Waals surface area contributed by atoms with E-state index in [9.17, 15) is 4.79 Å². The quantitative estimate of drug-likeness (QED) is 0.408. The summed E-state index contributed by atoms with van der Waals surface area (Å²) in [7, 11) is 4.06. The number of rotatable bonds is 9. The van der Waals surface area contributed by atoms with E-state index in [-0.39, 0.29) is 11.7 Å². The van der Waals surface area contributed by atoms with Crippen molar-refractivity contribution in [2.75, 3.05) is 55.0 Å². The van der Waals surface area contributed by atoms with Crippen LogP contribution in [0.2, 0.25) is 0 Å². The van der Waals surface area contributed by atoms with Crippen molar-refractivity contribution in [3.8, 4) is 11.3 Å². The molecule has 0 saturated carbocycles. The Morgan fingerprint density at radius 1 is 1.09 bits per heavy atom. The standard InChI is InChI=1S/C22H29N5OS2.C2H6/c1-16-12-21-24-19(17-4-6-18(7-5-17)25(2)3)13-27(21)14-20(16)26(10-11-29)9-8-23-22(28)15-30;1-2/h4-7,12-14,29-30H,8-11,15H2,1-3H3,(H,23,28);1-2H3. The van der Waals surface area contributed by atoms with Crippen molar-refractivity contribution in [2.45, 2.75) is 20.8 Å². The Morgan fingerprint density at radius 2 is 1.78 bits per heavy atom. The van der Waals surface area contributed by atoms with Gasteiger partial charge in [-0.3, -0.25) is 4.79 Å². The lowest BCUT2D eigenvalue weighted by atomic mass is 10.1. The minimum absolute atomic E-state index is 0.0594. The van der Waals surface area contributed by atoms with Crippen molar-refractivity contribution in [1.29, 1.82) is 0 Å². The lowest BCUT2D eigenvalue weighted by molar-refractivity contribution is -0.118. The van der Waals surface area contributed by atoms with Crippen LogP contribution in [0.25, 0.3) is 16.9 Å². The first-order valence-corrected chi connectivity index (χ1v) is 12.2. The van der Waals surface area contributed by atoms with Gasteiger partial charge in [-0.25, -0.2) is 4.98 Å². The van der Waals surface area contributed by atoms with Gasteiger partial charge in [0.1, 0.15) is 5.65 Å². The summed E-state index contributed by atoms with van der Waals surface area (Å²) < 4.78 is 2.06. The van der Waals surface area contributed by atoms with E-state index in [0.29, 0.717) is 13.1 Å². The van der Waals surface area contributed by atoms with Gasteiger partial charge < -0.3 is 19.5 Å². The number of aromatic nitrogens is 2. The number of hydrogen-bond acceptors (Lipinski definition) is 6. The molecular formula is C24H35N5OS2. The van der Waals surface area contributed by atoms with Crippen molar-refractivity contribution in [1.82, 2.24) is 14.7 Å². The first kappa shape index (κ1) is 25.9. The molecule has 0 unspecified atom stereocenters. The van der Waals surface area contributed by atoms with Gasteiger partial charge in [0.15, 0.2) is 0 Å². The molecule has 32 heavy (non-hydrogen) atoms. The maximum atomic E-state index is 11.5. The smallest absolute Gasteiger partial charge is 0.229 e. The average Bonchev–Trinajstić information content (AvgIpc) is 3.22. The monoisotopic (exact) mass is 473 g/mol. The van der Waals surface area contributed by atoms with E-state index in [2.05, 4.69) is 94.4 Å². The van der Waals surface area contributed by atoms with Crippen molar-refractivity contribution in [2.24, 2.45) is 0 Å². The van der Waals surface area contributed by atoms with Crippen molar-refractivity contribution >= 4 is 48.2 Å². The van der Waals surface area contributed by atoms with E-state index in [0.717, 1.165) is 46.1 Å². The Balaban J connectivity index is 0.00000176. The minimum Gasteiger partial charge on any atom is -0.378 e. The summed E-state index contributed by atoms with van der Waals surface area (Å²) >= 11 is 8.41. The maximum Gasteiger partial charge on any atom is 0.229 e. The first-order chi connectivity index (χ1) is 15.4. The molecule has 0 saturated heterocycles. The molecule has 2 heterocycles. The summed E-state index contributed by atoms with van der Waals surface area (Å²) in [6.07, 6.45) is 4.17. The van der Waals surface area contributed by atoms with Gasteiger partial charge in [0, 0.05) is 63.1 Å². The van der Waals surface area contributed by atoms with Gasteiger partial charge in [-0.15, -0.1) is 0 Å². The molecule has 3 aromatic rings. The molecule has 1 amide bonds. The third-order valence-corrected chi connectivity index (χ3v) is 5.50. The molecule has 8 heteroatoms. The predicted molar refractivity (Wildman–Crippen MR) is 144 cm³/mol. The van der Waals surface area contributed by atoms with Crippen LogP contribution in [0.4, 0.5) is 11.4 Å². The lowest BCUT2D eigenvalue weighted by Crippen LogP contribution is -2.37. The fraction of sp³-hybridized carbons (Fsp3) is 0.417. The van der Waals surface area contributed by atoms with E-state index >= 15 is 0 Å². The third-order valence-electron chi connectivity index (χ3n) is 5.01. The van der Waals surface area contributed by atoms with Gasteiger partial charge in [-0.05, 0) is 30.7 Å². The summed E-state index contributed by atoms with van der Waals surface area (Å²) in [5, 5.41) is 2.88. The number of anilines is 2. The lowest BCUT2D eigenvalue weighted by Gasteiger charge is -2.26. The van der Waals surface area contributed by atoms with Gasteiger partial charge in [0.2, 0.25) is 5.91 Å². The van der Waals surface area contributed by atoms with E-state index in [1.807, 2.05) is 27.9 Å². The Kier molecular flexibility index (Phi) is 10.3. The maximum absolute atomic E-state index is 11.5. The highest BCUT2D eigenvalue weighted by Crippen LogP contribution is 2.26. The van der Waals surface area contributed by atoms with Crippen molar-refractivity contribution in [3.05, 3.63) is 48.3 Å². The zero-order valence-electron chi connectivity index (χ0n) is 19.7. The summed E-state index contributed by atoms with van der Waals surface area (Å²) in [5.41, 5.74) is 6.36. The number of hydrogen-bond donors (Lipinski definition) is 3. The number of pyridine rings is 1. The fourth-order valence-electron chi connectivity index (χ4n) is 3.38. The van der Waals surface area contributed by atoms with Crippen LogP contribution in [0.3, 0.4) is 0 Å². The Hall–Kier alpha value is -2.32. The van der Waals surface area contributed by atoms with E-state index in [1.54, 1.807) is 0 Å². The highest BCUT2D eigenvalue weighted by molar-refractivity contribution is 7.81. The topological polar surface area (TPSA) is 52.9 Å². The molecule has 0 aliphatic carbocycles. The molecule has 0 atom stereocenters. The number of benzene rings is 1. The number of carbonyl (C=O) groups excluding carboxylic acids is 1. The Morgan fingerprint density at radius 3 is 2.38 bits per heavy atom. The molecule has 0 spiro atoms. The van der Waals surface area contributed by atoms with Crippen LogP contribution >= 0.6 is 25.3 Å². The number of aryl methyl sites for hydroxylation is 1. The zero-order valence-corrected chi connectivity index (χ0v) is 21.5. The number of amides is 1. The van der Waals surface area contributed by atoms with Gasteiger partial charge in [0.05, 0.1) is 17.1 Å². The summed E-state index contributed by atoms with van der Waals surface area (Å²) in [6.45, 7) is 8.16. The van der Waals surface area contributed by atoms with Crippen molar-refractivity contribution < 1.29 is 4.79 Å². The molecule has 1 N–H and O–H groups in total. The van der Waals surface area contributed by atoms with Crippen molar-refractivity contribution in [3.63, 3.8) is 0 Å². The number of imidazole rings is 1. The van der Waals surface area contributed by atoms with Crippen LogP contribution in [0.1, 0.15) is 19.4 Å². The second-order valence-electron chi connectivity index (χ2n) is 7.39. The predicted octanol–water partition coefficient (Wildman–Crippen LogP) is 4.18. The zero-order chi connectivity index (χ0) is 23.7. The fourth-order valence-corrected chi connectivity index (χ4v) is 3.73. The summed E-state index contributed by atoms with van der Waals surface area (Å²) in [6, 6.07) is 10.5. The van der Waals surface area contributed by atoms with E-state index < -0.39 is 0 Å². The molecule has 0 aliphatic rings. The highest BCUT2D eigenvalue weighted by Gasteiger charge is 2.13. The second-order valence-corrected chi connectivity index (χ2v) is 8.16. The first-order valence-electron chi connectivity index (χ1n) is 10.9. The van der Waals surface area contributed by atoms with Crippen LogP contribution in [0.15, 0.2) is 42.7 Å². The average molecular weight is 474 g/mol. The van der Waals surface area contributed by atoms with Gasteiger partial charge in [0.25, 0.3) is 0 Å². The Bertz CT molecular complexity index is 1000. The van der Waals surface area contributed by atoms with Crippen LogP contribution in [0.5, 0.6) is 0 Å². The summed E-state index contributed by atoms with van der Waals surface area (Å²) in [4.78, 5) is 20.6. The molecule has 3 rings (SSSR count). The summed E-state index contributed by atoms with van der Waals surface area (Å²) in [5.74, 6) is 0.867. The number of nitrogens with zero attached hydrogens (tertiary/aromatic N) is 4. The van der Waals surface area contributed by atoms with Gasteiger partial charge in [-0.1, -0.05) is 26.0 Å². The number of carbonyl (C=O) groups is 1. The molecule has 0 radical (unpaired) electrons. The van der Waals surface area contributed by atoms with E-state index in [1.165, 1.54) is 0 Å². The number of thiol groups is 2. The molecule has 6 nitrogen and oxygen atoms in total. The highest BCUT2D eigenvalue weighted by atomic mass is 32.1. The number of nitrogens with one attached hydrogen (secondary N) is 1. The molecule has 0 aliphatic heterocycles.